The number of carbonyl (C=O) groups is 1. The Morgan fingerprint density at radius 2 is 1.83 bits per heavy atom. The molecule has 0 spiro atoms. The van der Waals surface area contributed by atoms with Crippen LogP contribution in [0.15, 0.2) is 53.8 Å². The molecule has 2 aromatic heterocycles. The summed E-state index contributed by atoms with van der Waals surface area (Å²) in [5, 5.41) is 9.35. The van der Waals surface area contributed by atoms with E-state index in [1.54, 1.807) is 31.6 Å². The fourth-order valence-electron chi connectivity index (χ4n) is 3.10. The molecule has 0 aliphatic carbocycles. The van der Waals surface area contributed by atoms with E-state index in [4.69, 9.17) is 0 Å². The summed E-state index contributed by atoms with van der Waals surface area (Å²) in [7, 11) is 1.73. The highest BCUT2D eigenvalue weighted by molar-refractivity contribution is 14.0. The number of aromatic nitrogens is 3. The summed E-state index contributed by atoms with van der Waals surface area (Å²) in [6.07, 6.45) is 4.14. The van der Waals surface area contributed by atoms with Crippen molar-refractivity contribution in [2.24, 2.45) is 4.99 Å². The van der Waals surface area contributed by atoms with E-state index in [0.717, 1.165) is 36.4 Å². The van der Waals surface area contributed by atoms with Gasteiger partial charge in [-0.05, 0) is 37.6 Å². The molecule has 2 heterocycles. The van der Waals surface area contributed by atoms with E-state index in [-0.39, 0.29) is 29.9 Å². The van der Waals surface area contributed by atoms with Gasteiger partial charge < -0.3 is 20.5 Å². The zero-order chi connectivity index (χ0) is 20.5. The lowest BCUT2D eigenvalue weighted by Crippen LogP contribution is -2.42. The predicted molar refractivity (Wildman–Crippen MR) is 130 cm³/mol. The van der Waals surface area contributed by atoms with Crippen LogP contribution in [0.4, 0.5) is 0 Å². The molecule has 9 heteroatoms. The van der Waals surface area contributed by atoms with E-state index in [1.807, 2.05) is 25.1 Å². The highest BCUT2D eigenvalue weighted by Gasteiger charge is 2.06. The van der Waals surface area contributed by atoms with Crippen LogP contribution >= 0.6 is 24.0 Å². The molecule has 3 aromatic rings. The van der Waals surface area contributed by atoms with Crippen LogP contribution in [0.25, 0.3) is 11.0 Å². The molecule has 0 aliphatic rings. The summed E-state index contributed by atoms with van der Waals surface area (Å²) in [6.45, 7) is 4.78. The number of pyridine rings is 1. The Balaban J connectivity index is 0.00000320. The number of guanidine groups is 1. The summed E-state index contributed by atoms with van der Waals surface area (Å²) in [4.78, 5) is 24.7. The number of imidazole rings is 1. The van der Waals surface area contributed by atoms with Crippen molar-refractivity contribution in [3.63, 3.8) is 0 Å². The van der Waals surface area contributed by atoms with E-state index in [1.165, 1.54) is 0 Å². The van der Waals surface area contributed by atoms with Crippen LogP contribution in [0.1, 0.15) is 22.6 Å². The predicted octanol–water partition coefficient (Wildman–Crippen LogP) is 2.34. The second kappa shape index (κ2) is 12.1. The summed E-state index contributed by atoms with van der Waals surface area (Å²) >= 11 is 0. The average molecular weight is 521 g/mol. The third-order valence-corrected chi connectivity index (χ3v) is 4.55. The number of para-hydroxylation sites is 2. The minimum Gasteiger partial charge on any atom is -0.356 e. The van der Waals surface area contributed by atoms with Crippen molar-refractivity contribution in [1.82, 2.24) is 30.5 Å². The molecule has 1 amide bonds. The molecule has 160 valence electrons. The smallest absolute Gasteiger partial charge is 0.252 e. The van der Waals surface area contributed by atoms with Crippen molar-refractivity contribution >= 4 is 46.9 Å². The maximum Gasteiger partial charge on any atom is 0.252 e. The fraction of sp³-hybridized carbons (Fsp3) is 0.333. The molecule has 0 radical (unpaired) electrons. The van der Waals surface area contributed by atoms with E-state index < -0.39 is 0 Å². The Hall–Kier alpha value is -2.69. The van der Waals surface area contributed by atoms with Crippen LogP contribution in [0, 0.1) is 6.92 Å². The van der Waals surface area contributed by atoms with Crippen LogP contribution in [-0.4, -0.2) is 53.1 Å². The summed E-state index contributed by atoms with van der Waals surface area (Å²) in [5.41, 5.74) is 2.75. The summed E-state index contributed by atoms with van der Waals surface area (Å²) in [5.74, 6) is 1.61. The second-order valence-electron chi connectivity index (χ2n) is 6.58. The van der Waals surface area contributed by atoms with E-state index >= 15 is 0 Å². The summed E-state index contributed by atoms with van der Waals surface area (Å²) < 4.78 is 2.24. The highest BCUT2D eigenvalue weighted by Crippen LogP contribution is 2.15. The Labute approximate surface area is 193 Å². The van der Waals surface area contributed by atoms with Gasteiger partial charge >= 0.3 is 0 Å². The number of fused-ring (bicyclic) bond motifs is 1. The van der Waals surface area contributed by atoms with Crippen molar-refractivity contribution in [2.75, 3.05) is 26.7 Å². The molecule has 8 nitrogen and oxygen atoms in total. The Morgan fingerprint density at radius 3 is 2.60 bits per heavy atom. The van der Waals surface area contributed by atoms with Crippen LogP contribution in [0.3, 0.4) is 0 Å². The second-order valence-corrected chi connectivity index (χ2v) is 6.58. The third-order valence-electron chi connectivity index (χ3n) is 4.55. The highest BCUT2D eigenvalue weighted by atomic mass is 127. The van der Waals surface area contributed by atoms with Gasteiger partial charge in [0.05, 0.1) is 16.6 Å². The Kier molecular flexibility index (Phi) is 9.52. The number of nitrogens with zero attached hydrogens (tertiary/aromatic N) is 4. The Bertz CT molecular complexity index is 972. The zero-order valence-corrected chi connectivity index (χ0v) is 19.6. The maximum absolute atomic E-state index is 12.0. The molecule has 30 heavy (non-hydrogen) atoms. The molecular formula is C21H28IN7O. The van der Waals surface area contributed by atoms with Crippen molar-refractivity contribution < 1.29 is 4.79 Å². The topological polar surface area (TPSA) is 96.2 Å². The number of rotatable bonds is 8. The monoisotopic (exact) mass is 521 g/mol. The zero-order valence-electron chi connectivity index (χ0n) is 17.3. The van der Waals surface area contributed by atoms with Gasteiger partial charge in [-0.1, -0.05) is 12.1 Å². The number of halogens is 1. The first-order chi connectivity index (χ1) is 14.2. The molecule has 3 rings (SSSR count). The number of nitrogens with one attached hydrogen (secondary N) is 3. The normalized spacial score (nSPS) is 11.1. The lowest BCUT2D eigenvalue weighted by atomic mass is 10.3. The number of benzene rings is 1. The summed E-state index contributed by atoms with van der Waals surface area (Å²) in [6, 6.07) is 11.7. The molecule has 3 N–H and O–H groups in total. The van der Waals surface area contributed by atoms with Gasteiger partial charge in [-0.2, -0.15) is 0 Å². The molecule has 0 saturated carbocycles. The van der Waals surface area contributed by atoms with Crippen LogP contribution in [-0.2, 0) is 6.54 Å². The maximum atomic E-state index is 12.0. The van der Waals surface area contributed by atoms with Gasteiger partial charge in [-0.15, -0.1) is 24.0 Å². The van der Waals surface area contributed by atoms with Crippen molar-refractivity contribution in [3.8, 4) is 0 Å². The standard InChI is InChI=1S/C21H27N7O.HI/c1-16-27-18-8-3-4-9-19(18)28(16)14-6-11-25-21(22-2)26-13-12-24-20(29)17-7-5-10-23-15-17;/h3-5,7-10,15H,6,11-14H2,1-2H3,(H,24,29)(H2,22,25,26);1H. The van der Waals surface area contributed by atoms with Gasteiger partial charge in [0.1, 0.15) is 5.82 Å². The van der Waals surface area contributed by atoms with Gasteiger partial charge in [-0.25, -0.2) is 4.98 Å². The fourth-order valence-corrected chi connectivity index (χ4v) is 3.10. The van der Waals surface area contributed by atoms with E-state index in [9.17, 15) is 4.79 Å². The molecule has 1 aromatic carbocycles. The number of carbonyl (C=O) groups excluding carboxylic acids is 1. The minimum atomic E-state index is -0.134. The molecule has 0 bridgehead atoms. The molecule has 0 fully saturated rings. The number of aryl methyl sites for hydroxylation is 2. The number of aliphatic imine (C=N–C) groups is 1. The van der Waals surface area contributed by atoms with Crippen molar-refractivity contribution in [3.05, 3.63) is 60.2 Å². The third kappa shape index (κ3) is 6.41. The van der Waals surface area contributed by atoms with Gasteiger partial charge in [0.15, 0.2) is 5.96 Å². The molecule has 0 saturated heterocycles. The van der Waals surface area contributed by atoms with E-state index in [0.29, 0.717) is 24.6 Å². The minimum absolute atomic E-state index is 0. The van der Waals surface area contributed by atoms with Crippen LogP contribution in [0.5, 0.6) is 0 Å². The van der Waals surface area contributed by atoms with Gasteiger partial charge in [0, 0.05) is 45.6 Å². The SMILES string of the molecule is CN=C(NCCCn1c(C)nc2ccccc21)NCCNC(=O)c1cccnc1.I. The Morgan fingerprint density at radius 1 is 1.07 bits per heavy atom. The number of hydrogen-bond donors (Lipinski definition) is 3. The van der Waals surface area contributed by atoms with E-state index in [2.05, 4.69) is 41.5 Å². The lowest BCUT2D eigenvalue weighted by Gasteiger charge is -2.13. The first-order valence-electron chi connectivity index (χ1n) is 9.73. The average Bonchev–Trinajstić information content (AvgIpc) is 3.08. The number of amides is 1. The van der Waals surface area contributed by atoms with Crippen LogP contribution < -0.4 is 16.0 Å². The number of hydrogen-bond acceptors (Lipinski definition) is 4. The van der Waals surface area contributed by atoms with Crippen molar-refractivity contribution in [1.29, 1.82) is 0 Å². The molecule has 0 unspecified atom stereocenters. The lowest BCUT2D eigenvalue weighted by molar-refractivity contribution is 0.0954. The quantitative estimate of drug-likeness (QED) is 0.183. The molecule has 0 atom stereocenters. The van der Waals surface area contributed by atoms with Gasteiger partial charge in [0.25, 0.3) is 5.91 Å². The van der Waals surface area contributed by atoms with Gasteiger partial charge in [-0.3, -0.25) is 14.8 Å². The van der Waals surface area contributed by atoms with Crippen molar-refractivity contribution in [2.45, 2.75) is 19.9 Å². The first kappa shape index (κ1) is 23.6. The molecule has 0 aliphatic heterocycles. The van der Waals surface area contributed by atoms with Crippen LogP contribution in [0.2, 0.25) is 0 Å². The van der Waals surface area contributed by atoms with Gasteiger partial charge in [0.2, 0.25) is 0 Å². The molecular weight excluding hydrogens is 493 g/mol. The first-order valence-corrected chi connectivity index (χ1v) is 9.73. The largest absolute Gasteiger partial charge is 0.356 e.